The molecule has 0 aromatic heterocycles. The number of rotatable bonds is 3. The number of likely N-dealkylation sites (tertiary alicyclic amines) is 1. The maximum absolute atomic E-state index is 12.1. The molecule has 1 atom stereocenters. The van der Waals surface area contributed by atoms with Crippen molar-refractivity contribution in [2.45, 2.75) is 12.8 Å². The molecule has 2 aliphatic rings. The van der Waals surface area contributed by atoms with Gasteiger partial charge in [-0.3, -0.25) is 19.3 Å². The van der Waals surface area contributed by atoms with E-state index in [9.17, 15) is 19.2 Å². The van der Waals surface area contributed by atoms with Gasteiger partial charge in [0.05, 0.1) is 5.92 Å². The monoisotopic (exact) mass is 283 g/mol. The van der Waals surface area contributed by atoms with Crippen LogP contribution in [-0.4, -0.2) is 76.8 Å². The van der Waals surface area contributed by atoms with Gasteiger partial charge in [-0.15, -0.1) is 0 Å². The lowest BCUT2D eigenvalue weighted by molar-refractivity contribution is -0.146. The van der Waals surface area contributed by atoms with Crippen LogP contribution in [0.25, 0.3) is 0 Å². The standard InChI is InChI=1S/C12H17N3O5/c1-13-6-10(17)15(12(13)20)7-9(16)14-4-2-3-8(5-14)11(18)19/h8H,2-7H2,1H3,(H,18,19)/t8-/m1/s1. The molecule has 0 spiro atoms. The van der Waals surface area contributed by atoms with Crippen LogP contribution in [0.3, 0.4) is 0 Å². The smallest absolute Gasteiger partial charge is 0.327 e. The maximum atomic E-state index is 12.1. The van der Waals surface area contributed by atoms with Gasteiger partial charge in [0, 0.05) is 20.1 Å². The number of amides is 4. The number of carbonyl (C=O) groups is 4. The normalized spacial score (nSPS) is 23.4. The van der Waals surface area contributed by atoms with E-state index in [1.165, 1.54) is 16.8 Å². The fourth-order valence-corrected chi connectivity index (χ4v) is 2.46. The zero-order valence-corrected chi connectivity index (χ0v) is 11.2. The number of urea groups is 1. The van der Waals surface area contributed by atoms with Crippen LogP contribution < -0.4 is 0 Å². The summed E-state index contributed by atoms with van der Waals surface area (Å²) in [4.78, 5) is 49.9. The highest BCUT2D eigenvalue weighted by atomic mass is 16.4. The number of carboxylic acid groups (broad SMARTS) is 1. The molecule has 4 amide bonds. The van der Waals surface area contributed by atoms with Crippen LogP contribution in [0.15, 0.2) is 0 Å². The van der Waals surface area contributed by atoms with E-state index >= 15 is 0 Å². The average Bonchev–Trinajstić information content (AvgIpc) is 2.65. The van der Waals surface area contributed by atoms with Crippen molar-refractivity contribution >= 4 is 23.8 Å². The Balaban J connectivity index is 1.96. The minimum Gasteiger partial charge on any atom is -0.481 e. The molecule has 2 aliphatic heterocycles. The summed E-state index contributed by atoms with van der Waals surface area (Å²) in [5.41, 5.74) is 0. The molecule has 2 heterocycles. The lowest BCUT2D eigenvalue weighted by Gasteiger charge is -2.31. The third kappa shape index (κ3) is 2.73. The molecule has 0 aromatic rings. The molecule has 8 heteroatoms. The van der Waals surface area contributed by atoms with Crippen LogP contribution in [0.4, 0.5) is 4.79 Å². The highest BCUT2D eigenvalue weighted by Gasteiger charge is 2.37. The number of carbonyl (C=O) groups excluding carboxylic acids is 3. The zero-order chi connectivity index (χ0) is 14.9. The SMILES string of the molecule is CN1CC(=O)N(CC(=O)N2CCC[C@@H](C(=O)O)C2)C1=O. The van der Waals surface area contributed by atoms with Gasteiger partial charge < -0.3 is 14.9 Å². The Kier molecular flexibility index (Phi) is 3.91. The molecule has 0 bridgehead atoms. The largest absolute Gasteiger partial charge is 0.481 e. The molecule has 2 fully saturated rings. The van der Waals surface area contributed by atoms with E-state index in [2.05, 4.69) is 0 Å². The molecule has 0 radical (unpaired) electrons. The van der Waals surface area contributed by atoms with Gasteiger partial charge in [0.1, 0.15) is 13.1 Å². The molecule has 2 rings (SSSR count). The van der Waals surface area contributed by atoms with Crippen LogP contribution in [-0.2, 0) is 14.4 Å². The summed E-state index contributed by atoms with van der Waals surface area (Å²) >= 11 is 0. The van der Waals surface area contributed by atoms with Crippen LogP contribution in [0.5, 0.6) is 0 Å². The molecule has 0 saturated carbocycles. The van der Waals surface area contributed by atoms with Crippen molar-refractivity contribution in [3.63, 3.8) is 0 Å². The quantitative estimate of drug-likeness (QED) is 0.684. The second-order valence-electron chi connectivity index (χ2n) is 5.14. The number of piperidine rings is 1. The minimum atomic E-state index is -0.921. The summed E-state index contributed by atoms with van der Waals surface area (Å²) in [5, 5.41) is 8.98. The molecule has 1 N–H and O–H groups in total. The molecule has 2 saturated heterocycles. The maximum Gasteiger partial charge on any atom is 0.327 e. The molecule has 8 nitrogen and oxygen atoms in total. The fraction of sp³-hybridized carbons (Fsp3) is 0.667. The highest BCUT2D eigenvalue weighted by Crippen LogP contribution is 2.17. The van der Waals surface area contributed by atoms with E-state index < -0.39 is 23.8 Å². The van der Waals surface area contributed by atoms with Crippen molar-refractivity contribution < 1.29 is 24.3 Å². The van der Waals surface area contributed by atoms with Crippen molar-refractivity contribution in [1.82, 2.24) is 14.7 Å². The average molecular weight is 283 g/mol. The number of aliphatic carboxylic acids is 1. The fourth-order valence-electron chi connectivity index (χ4n) is 2.46. The van der Waals surface area contributed by atoms with Gasteiger partial charge in [-0.1, -0.05) is 0 Å². The van der Waals surface area contributed by atoms with Crippen LogP contribution in [0.2, 0.25) is 0 Å². The van der Waals surface area contributed by atoms with Crippen LogP contribution in [0.1, 0.15) is 12.8 Å². The molecule has 110 valence electrons. The first-order chi connectivity index (χ1) is 9.40. The summed E-state index contributed by atoms with van der Waals surface area (Å²) in [7, 11) is 1.49. The van der Waals surface area contributed by atoms with Crippen LogP contribution >= 0.6 is 0 Å². The van der Waals surface area contributed by atoms with E-state index in [0.29, 0.717) is 19.4 Å². The van der Waals surface area contributed by atoms with E-state index in [4.69, 9.17) is 5.11 Å². The van der Waals surface area contributed by atoms with Gasteiger partial charge in [-0.25, -0.2) is 4.79 Å². The molecular weight excluding hydrogens is 266 g/mol. The third-order valence-corrected chi connectivity index (χ3v) is 3.65. The minimum absolute atomic E-state index is 0.0239. The highest BCUT2D eigenvalue weighted by molar-refractivity contribution is 6.04. The van der Waals surface area contributed by atoms with E-state index in [1.807, 2.05) is 0 Å². The van der Waals surface area contributed by atoms with Gasteiger partial charge in [-0.05, 0) is 12.8 Å². The molecule has 0 unspecified atom stereocenters. The topological polar surface area (TPSA) is 98.2 Å². The Morgan fingerprint density at radius 2 is 2.05 bits per heavy atom. The molecule has 20 heavy (non-hydrogen) atoms. The predicted octanol–water partition coefficient (Wildman–Crippen LogP) is -0.796. The van der Waals surface area contributed by atoms with E-state index in [0.717, 1.165) is 4.90 Å². The van der Waals surface area contributed by atoms with Gasteiger partial charge in [0.25, 0.3) is 5.91 Å². The predicted molar refractivity (Wildman–Crippen MR) is 66.7 cm³/mol. The first kappa shape index (κ1) is 14.3. The molecule has 0 aromatic carbocycles. The van der Waals surface area contributed by atoms with Crippen molar-refractivity contribution in [3.05, 3.63) is 0 Å². The van der Waals surface area contributed by atoms with Crippen LogP contribution in [0, 0.1) is 5.92 Å². The summed E-state index contributed by atoms with van der Waals surface area (Å²) < 4.78 is 0. The Morgan fingerprint density at radius 1 is 1.35 bits per heavy atom. The van der Waals surface area contributed by atoms with Gasteiger partial charge >= 0.3 is 12.0 Å². The summed E-state index contributed by atoms with van der Waals surface area (Å²) in [5.74, 6) is -2.28. The molecular formula is C12H17N3O5. The summed E-state index contributed by atoms with van der Waals surface area (Å²) in [6.45, 7) is 0.271. The van der Waals surface area contributed by atoms with Crippen molar-refractivity contribution in [3.8, 4) is 0 Å². The number of imide groups is 1. The Labute approximate surface area is 115 Å². The lowest BCUT2D eigenvalue weighted by Crippen LogP contribution is -2.47. The second-order valence-corrected chi connectivity index (χ2v) is 5.14. The zero-order valence-electron chi connectivity index (χ0n) is 11.2. The summed E-state index contributed by atoms with van der Waals surface area (Å²) in [6, 6.07) is -0.491. The van der Waals surface area contributed by atoms with Gasteiger partial charge in [0.15, 0.2) is 0 Å². The van der Waals surface area contributed by atoms with Gasteiger partial charge in [0.2, 0.25) is 5.91 Å². The van der Waals surface area contributed by atoms with E-state index in [1.54, 1.807) is 0 Å². The summed E-state index contributed by atoms with van der Waals surface area (Å²) in [6.07, 6.45) is 1.16. The van der Waals surface area contributed by atoms with Crippen molar-refractivity contribution in [2.24, 2.45) is 5.92 Å². The lowest BCUT2D eigenvalue weighted by atomic mass is 9.98. The Hall–Kier alpha value is -2.12. The molecule has 0 aliphatic carbocycles. The number of hydrogen-bond acceptors (Lipinski definition) is 4. The Bertz CT molecular complexity index is 464. The number of likely N-dealkylation sites (N-methyl/N-ethyl adjacent to an activating group) is 1. The first-order valence-electron chi connectivity index (χ1n) is 6.46. The number of carboxylic acids is 1. The van der Waals surface area contributed by atoms with Crippen molar-refractivity contribution in [1.29, 1.82) is 0 Å². The number of hydrogen-bond donors (Lipinski definition) is 1. The third-order valence-electron chi connectivity index (χ3n) is 3.65. The Morgan fingerprint density at radius 3 is 2.60 bits per heavy atom. The van der Waals surface area contributed by atoms with E-state index in [-0.39, 0.29) is 25.5 Å². The van der Waals surface area contributed by atoms with Crippen molar-refractivity contribution in [2.75, 3.05) is 33.2 Å². The van der Waals surface area contributed by atoms with Gasteiger partial charge in [-0.2, -0.15) is 0 Å². The first-order valence-corrected chi connectivity index (χ1v) is 6.46. The second kappa shape index (κ2) is 5.48. The number of nitrogens with zero attached hydrogens (tertiary/aromatic N) is 3.